The number of hydrogen-bond acceptors (Lipinski definition) is 4. The fourth-order valence-corrected chi connectivity index (χ4v) is 5.73. The van der Waals surface area contributed by atoms with Crippen LogP contribution in [0, 0.1) is 20.8 Å². The number of rotatable bonds is 6. The van der Waals surface area contributed by atoms with Crippen molar-refractivity contribution in [3.8, 4) is 0 Å². The first-order chi connectivity index (χ1) is 13.1. The summed E-state index contributed by atoms with van der Waals surface area (Å²) in [6.45, 7) is 7.06. The van der Waals surface area contributed by atoms with Gasteiger partial charge in [-0.15, -0.1) is 0 Å². The van der Waals surface area contributed by atoms with E-state index in [4.69, 9.17) is 0 Å². The van der Waals surface area contributed by atoms with Crippen LogP contribution in [0.2, 0.25) is 0 Å². The molecular formula is C22H31N3O2S. The van der Waals surface area contributed by atoms with Crippen molar-refractivity contribution >= 4 is 15.7 Å². The lowest BCUT2D eigenvalue weighted by molar-refractivity contribution is 0.299. The standard InChI is InChI=1S/C22H31N3O2S/c1-15-11-16(2)22(17(3)12-15)28(26,27)23-14-21(24(4)5)18-7-8-20-19(13-18)9-10-25(20)6/h7-8,11-13,21,23H,9-10,14H2,1-6H3. The van der Waals surface area contributed by atoms with Crippen molar-refractivity contribution in [2.75, 3.05) is 39.1 Å². The number of hydrogen-bond donors (Lipinski definition) is 1. The summed E-state index contributed by atoms with van der Waals surface area (Å²) >= 11 is 0. The molecule has 0 saturated heterocycles. The molecule has 1 atom stereocenters. The van der Waals surface area contributed by atoms with Crippen molar-refractivity contribution in [1.82, 2.24) is 9.62 Å². The van der Waals surface area contributed by atoms with E-state index in [-0.39, 0.29) is 6.04 Å². The molecule has 1 aliphatic heterocycles. The maximum atomic E-state index is 13.0. The molecule has 1 heterocycles. The maximum Gasteiger partial charge on any atom is 0.241 e. The highest BCUT2D eigenvalue weighted by Crippen LogP contribution is 2.31. The third-order valence-corrected chi connectivity index (χ3v) is 7.31. The van der Waals surface area contributed by atoms with Gasteiger partial charge in [0.05, 0.1) is 4.90 Å². The Labute approximate surface area is 169 Å². The van der Waals surface area contributed by atoms with Gasteiger partial charge in [0.15, 0.2) is 0 Å². The number of nitrogens with zero attached hydrogens (tertiary/aromatic N) is 2. The third-order valence-electron chi connectivity index (χ3n) is 5.58. The quantitative estimate of drug-likeness (QED) is 0.808. The minimum atomic E-state index is -3.58. The molecule has 0 aliphatic carbocycles. The van der Waals surface area contributed by atoms with Crippen molar-refractivity contribution in [2.24, 2.45) is 0 Å². The molecule has 2 aromatic rings. The molecule has 0 amide bonds. The summed E-state index contributed by atoms with van der Waals surface area (Å²) in [6.07, 6.45) is 1.04. The summed E-state index contributed by atoms with van der Waals surface area (Å²) in [5, 5.41) is 0. The van der Waals surface area contributed by atoms with Crippen LogP contribution in [0.25, 0.3) is 0 Å². The lowest BCUT2D eigenvalue weighted by Crippen LogP contribution is -2.35. The number of fused-ring (bicyclic) bond motifs is 1. The lowest BCUT2D eigenvalue weighted by Gasteiger charge is -2.26. The first-order valence-electron chi connectivity index (χ1n) is 9.68. The highest BCUT2D eigenvalue weighted by atomic mass is 32.2. The van der Waals surface area contributed by atoms with E-state index in [1.165, 1.54) is 11.3 Å². The molecule has 0 aromatic heterocycles. The van der Waals surface area contributed by atoms with Gasteiger partial charge in [0.2, 0.25) is 10.0 Å². The van der Waals surface area contributed by atoms with Crippen LogP contribution in [0.15, 0.2) is 35.2 Å². The van der Waals surface area contributed by atoms with Crippen LogP contribution in [-0.2, 0) is 16.4 Å². The minimum Gasteiger partial charge on any atom is -0.374 e. The highest BCUT2D eigenvalue weighted by molar-refractivity contribution is 7.89. The number of anilines is 1. The van der Waals surface area contributed by atoms with Gasteiger partial charge in [-0.05, 0) is 69.6 Å². The second-order valence-corrected chi connectivity index (χ2v) is 9.82. The predicted molar refractivity (Wildman–Crippen MR) is 116 cm³/mol. The molecule has 3 rings (SSSR count). The van der Waals surface area contributed by atoms with Crippen LogP contribution >= 0.6 is 0 Å². The Morgan fingerprint density at radius 1 is 1.11 bits per heavy atom. The summed E-state index contributed by atoms with van der Waals surface area (Å²) < 4.78 is 28.9. The molecular weight excluding hydrogens is 370 g/mol. The third kappa shape index (κ3) is 4.09. The topological polar surface area (TPSA) is 52.7 Å². The zero-order chi connectivity index (χ0) is 20.6. The fraction of sp³-hybridized carbons (Fsp3) is 0.455. The molecule has 0 bridgehead atoms. The predicted octanol–water partition coefficient (Wildman–Crippen LogP) is 3.19. The molecule has 0 radical (unpaired) electrons. The number of nitrogens with one attached hydrogen (secondary N) is 1. The van der Waals surface area contributed by atoms with Gasteiger partial charge in [-0.1, -0.05) is 29.8 Å². The van der Waals surface area contributed by atoms with E-state index in [1.807, 2.05) is 47.0 Å². The van der Waals surface area contributed by atoms with Crippen molar-refractivity contribution < 1.29 is 8.42 Å². The first kappa shape index (κ1) is 20.8. The SMILES string of the molecule is Cc1cc(C)c(S(=O)(=O)NCC(c2ccc3c(c2)CCN3C)N(C)C)c(C)c1. The van der Waals surface area contributed by atoms with Gasteiger partial charge in [0.1, 0.15) is 0 Å². The van der Waals surface area contributed by atoms with Crippen molar-refractivity contribution in [2.45, 2.75) is 38.1 Å². The van der Waals surface area contributed by atoms with Crippen molar-refractivity contribution in [3.05, 3.63) is 58.1 Å². The average Bonchev–Trinajstić information content (AvgIpc) is 2.94. The largest absolute Gasteiger partial charge is 0.374 e. The van der Waals surface area contributed by atoms with Gasteiger partial charge < -0.3 is 9.80 Å². The summed E-state index contributed by atoms with van der Waals surface area (Å²) in [4.78, 5) is 4.72. The van der Waals surface area contributed by atoms with E-state index in [0.717, 1.165) is 35.2 Å². The monoisotopic (exact) mass is 401 g/mol. The zero-order valence-electron chi connectivity index (χ0n) is 17.7. The smallest absolute Gasteiger partial charge is 0.241 e. The first-order valence-corrected chi connectivity index (χ1v) is 11.2. The van der Waals surface area contributed by atoms with Gasteiger partial charge >= 0.3 is 0 Å². The molecule has 6 heteroatoms. The molecule has 5 nitrogen and oxygen atoms in total. The summed E-state index contributed by atoms with van der Waals surface area (Å²) in [6, 6.07) is 10.3. The molecule has 0 saturated carbocycles. The Morgan fingerprint density at radius 2 is 1.75 bits per heavy atom. The van der Waals surface area contributed by atoms with Crippen LogP contribution in [-0.4, -0.2) is 47.6 Å². The number of likely N-dealkylation sites (N-methyl/N-ethyl adjacent to an activating group) is 2. The molecule has 152 valence electrons. The molecule has 0 fully saturated rings. The van der Waals surface area contributed by atoms with Crippen LogP contribution in [0.4, 0.5) is 5.69 Å². The Morgan fingerprint density at radius 3 is 2.36 bits per heavy atom. The Bertz CT molecular complexity index is 960. The van der Waals surface area contributed by atoms with E-state index in [1.54, 1.807) is 0 Å². The number of aryl methyl sites for hydroxylation is 3. The molecule has 2 aromatic carbocycles. The Hall–Kier alpha value is -1.89. The number of sulfonamides is 1. The van der Waals surface area contributed by atoms with Crippen LogP contribution in [0.1, 0.15) is 33.9 Å². The van der Waals surface area contributed by atoms with Crippen molar-refractivity contribution in [1.29, 1.82) is 0 Å². The van der Waals surface area contributed by atoms with E-state index in [9.17, 15) is 8.42 Å². The van der Waals surface area contributed by atoms with Gasteiger partial charge in [-0.3, -0.25) is 0 Å². The van der Waals surface area contributed by atoms with Crippen LogP contribution in [0.5, 0.6) is 0 Å². The second-order valence-electron chi connectivity index (χ2n) is 8.12. The van der Waals surface area contributed by atoms with E-state index in [0.29, 0.717) is 11.4 Å². The highest BCUT2D eigenvalue weighted by Gasteiger charge is 2.24. The molecule has 0 spiro atoms. The lowest BCUT2D eigenvalue weighted by atomic mass is 10.0. The minimum absolute atomic E-state index is 0.0305. The van der Waals surface area contributed by atoms with Crippen LogP contribution < -0.4 is 9.62 Å². The summed E-state index contributed by atoms with van der Waals surface area (Å²) in [7, 11) is 2.50. The summed E-state index contributed by atoms with van der Waals surface area (Å²) in [5.41, 5.74) is 6.38. The van der Waals surface area contributed by atoms with Crippen LogP contribution in [0.3, 0.4) is 0 Å². The molecule has 1 unspecified atom stereocenters. The molecule has 1 N–H and O–H groups in total. The van der Waals surface area contributed by atoms with Gasteiger partial charge in [0, 0.05) is 31.9 Å². The normalized spacial score (nSPS) is 15.2. The van der Waals surface area contributed by atoms with Gasteiger partial charge in [-0.2, -0.15) is 0 Å². The number of benzene rings is 2. The second kappa shape index (κ2) is 7.85. The molecule has 1 aliphatic rings. The average molecular weight is 402 g/mol. The Balaban J connectivity index is 1.85. The van der Waals surface area contributed by atoms with E-state index < -0.39 is 10.0 Å². The van der Waals surface area contributed by atoms with Gasteiger partial charge in [-0.25, -0.2) is 13.1 Å². The fourth-order valence-electron chi connectivity index (χ4n) is 4.24. The van der Waals surface area contributed by atoms with E-state index >= 15 is 0 Å². The van der Waals surface area contributed by atoms with Gasteiger partial charge in [0.25, 0.3) is 0 Å². The van der Waals surface area contributed by atoms with E-state index in [2.05, 4.69) is 39.8 Å². The van der Waals surface area contributed by atoms with Crippen molar-refractivity contribution in [3.63, 3.8) is 0 Å². The molecule has 28 heavy (non-hydrogen) atoms. The maximum absolute atomic E-state index is 13.0. The Kier molecular flexibility index (Phi) is 5.84. The zero-order valence-corrected chi connectivity index (χ0v) is 18.5. The summed E-state index contributed by atoms with van der Waals surface area (Å²) in [5.74, 6) is 0.